The van der Waals surface area contributed by atoms with Crippen LogP contribution in [0.5, 0.6) is 0 Å². The quantitative estimate of drug-likeness (QED) is 0.219. The predicted molar refractivity (Wildman–Crippen MR) is 224 cm³/mol. The Morgan fingerprint density at radius 2 is 1.18 bits per heavy atom. The predicted octanol–water partition coefficient (Wildman–Crippen LogP) is 5.75. The molecule has 6 heterocycles. The number of rotatable bonds is 2. The number of pyridine rings is 2. The third kappa shape index (κ3) is 9.43. The maximum atomic E-state index is 12.9. The molecule has 6 aromatic rings. The van der Waals surface area contributed by atoms with Crippen molar-refractivity contribution in [3.05, 3.63) is 140 Å². The summed E-state index contributed by atoms with van der Waals surface area (Å²) in [6.07, 6.45) is 3.07. The number of hydrogen-bond donors (Lipinski definition) is 1. The highest BCUT2D eigenvalue weighted by Crippen LogP contribution is 2.28. The van der Waals surface area contributed by atoms with E-state index in [1.165, 1.54) is 0 Å². The van der Waals surface area contributed by atoms with Crippen molar-refractivity contribution in [1.29, 1.82) is 0 Å². The van der Waals surface area contributed by atoms with E-state index in [1.54, 1.807) is 52.7 Å². The van der Waals surface area contributed by atoms with Gasteiger partial charge in [0.15, 0.2) is 0 Å². The largest absolute Gasteiger partial charge is 0.444 e. The van der Waals surface area contributed by atoms with Crippen LogP contribution in [-0.2, 0) is 18.8 Å². The van der Waals surface area contributed by atoms with Crippen molar-refractivity contribution < 1.29 is 9.53 Å². The first-order chi connectivity index (χ1) is 26.4. The molecule has 57 heavy (non-hydrogen) atoms. The number of carbonyl (C=O) groups is 1. The number of nitrogens with one attached hydrogen (secondary N) is 1. The van der Waals surface area contributed by atoms with Crippen molar-refractivity contribution in [2.75, 3.05) is 26.2 Å². The van der Waals surface area contributed by atoms with Crippen LogP contribution in [0.1, 0.15) is 81.6 Å². The number of carbonyl (C=O) groups excluding carboxylic acids is 1. The number of hydrogen-bond acceptors (Lipinski definition) is 9. The molecule has 1 amide bonds. The van der Waals surface area contributed by atoms with Gasteiger partial charge in [0.05, 0.1) is 27.7 Å². The average molecular weight is 765 g/mol. The molecule has 12 heteroatoms. The number of nitrogens with zero attached hydrogens (tertiary/aromatic N) is 7. The molecule has 0 spiro atoms. The van der Waals surface area contributed by atoms with Gasteiger partial charge < -0.3 is 15.0 Å². The van der Waals surface area contributed by atoms with Crippen LogP contribution < -0.4 is 16.4 Å². The first-order valence-corrected chi connectivity index (χ1v) is 18.0. The Balaban J connectivity index is 0.000000216. The summed E-state index contributed by atoms with van der Waals surface area (Å²) in [6.45, 7) is 8.19. The minimum absolute atomic E-state index is 0. The van der Waals surface area contributed by atoms with Crippen LogP contribution >= 0.6 is 0 Å². The lowest BCUT2D eigenvalue weighted by Crippen LogP contribution is -2.51. The van der Waals surface area contributed by atoms with Crippen LogP contribution in [0.3, 0.4) is 0 Å². The topological polar surface area (TPSA) is 137 Å². The minimum atomic E-state index is -0.539. The van der Waals surface area contributed by atoms with E-state index in [4.69, 9.17) is 14.7 Å². The standard InChI is InChI=1S/C24H24N4O3.C19H16N4O.2CH4/c1-24(2,3)31-23(30)28-14-17(15-28)21-26-20-13-16(8-10-18-7-5-6-12-25-18)9-11-19(20)22(29)27(21)4;1-23-18(14-11-20-12-14)22-17-10-13(6-8-16(17)19(23)24)5-7-15-4-2-3-9-21-15;;/h5-7,9,11-13,17H,14-15H2,1-4H3;2-4,6,8-10,14,20H,11-12H2,1H3;2*1H4. The lowest BCUT2D eigenvalue weighted by atomic mass is 9.99. The van der Waals surface area contributed by atoms with Gasteiger partial charge in [-0.05, 0) is 93.3 Å². The smallest absolute Gasteiger partial charge is 0.410 e. The van der Waals surface area contributed by atoms with Crippen molar-refractivity contribution in [3.63, 3.8) is 0 Å². The van der Waals surface area contributed by atoms with E-state index in [1.807, 2.05) is 81.4 Å². The molecule has 0 saturated carbocycles. The van der Waals surface area contributed by atoms with Crippen LogP contribution in [0.2, 0.25) is 0 Å². The maximum Gasteiger partial charge on any atom is 0.410 e. The molecule has 0 unspecified atom stereocenters. The highest BCUT2D eigenvalue weighted by atomic mass is 16.6. The van der Waals surface area contributed by atoms with Crippen LogP contribution in [0.15, 0.2) is 94.8 Å². The number of fused-ring (bicyclic) bond motifs is 2. The summed E-state index contributed by atoms with van der Waals surface area (Å²) in [7, 11) is 3.51. The van der Waals surface area contributed by atoms with Crippen molar-refractivity contribution in [1.82, 2.24) is 39.3 Å². The third-order valence-corrected chi connectivity index (χ3v) is 9.27. The summed E-state index contributed by atoms with van der Waals surface area (Å²) in [5, 5.41) is 4.38. The molecule has 8 rings (SSSR count). The third-order valence-electron chi connectivity index (χ3n) is 9.27. The van der Waals surface area contributed by atoms with Gasteiger partial charge in [0.25, 0.3) is 11.1 Å². The van der Waals surface area contributed by atoms with Crippen LogP contribution in [0.25, 0.3) is 21.8 Å². The summed E-state index contributed by atoms with van der Waals surface area (Å²) >= 11 is 0. The van der Waals surface area contributed by atoms with E-state index in [0.717, 1.165) is 35.7 Å². The van der Waals surface area contributed by atoms with Crippen molar-refractivity contribution in [2.45, 2.75) is 53.1 Å². The molecular formula is C45H48N8O4. The fraction of sp³-hybridized carbons (Fsp3) is 0.311. The van der Waals surface area contributed by atoms with Crippen molar-refractivity contribution in [3.8, 4) is 23.7 Å². The Labute approximate surface area is 333 Å². The van der Waals surface area contributed by atoms with E-state index in [-0.39, 0.29) is 38.0 Å². The molecule has 0 aliphatic carbocycles. The summed E-state index contributed by atoms with van der Waals surface area (Å²) in [5.74, 6) is 14.0. The van der Waals surface area contributed by atoms with E-state index in [2.05, 4.69) is 39.0 Å². The maximum absolute atomic E-state index is 12.9. The van der Waals surface area contributed by atoms with Crippen molar-refractivity contribution in [2.24, 2.45) is 14.1 Å². The zero-order valence-electron chi connectivity index (χ0n) is 31.3. The van der Waals surface area contributed by atoms with Crippen LogP contribution in [-0.4, -0.2) is 71.8 Å². The molecule has 2 aromatic carbocycles. The normalized spacial score (nSPS) is 13.5. The molecule has 0 bridgehead atoms. The van der Waals surface area contributed by atoms with Crippen molar-refractivity contribution >= 4 is 27.9 Å². The van der Waals surface area contributed by atoms with Gasteiger partial charge in [-0.3, -0.25) is 18.7 Å². The number of aromatic nitrogens is 6. The Morgan fingerprint density at radius 1 is 0.702 bits per heavy atom. The van der Waals surface area contributed by atoms with Gasteiger partial charge in [-0.2, -0.15) is 0 Å². The SMILES string of the molecule is C.C.Cn1c(C2CN(C(=O)OC(C)(C)C)C2)nc2cc(C#Cc3ccccn3)ccc2c1=O.Cn1c(C2CNC2)nc2cc(C#Cc3ccccn3)ccc2c1=O. The number of likely N-dealkylation sites (tertiary alicyclic amines) is 1. The zero-order valence-corrected chi connectivity index (χ0v) is 31.3. The Hall–Kier alpha value is -6.63. The molecule has 292 valence electrons. The second kappa shape index (κ2) is 17.4. The minimum Gasteiger partial charge on any atom is -0.444 e. The highest BCUT2D eigenvalue weighted by molar-refractivity contribution is 5.80. The Bertz CT molecular complexity index is 2650. The lowest BCUT2D eigenvalue weighted by Gasteiger charge is -2.39. The van der Waals surface area contributed by atoms with Gasteiger partial charge in [-0.15, -0.1) is 0 Å². The van der Waals surface area contributed by atoms with E-state index in [0.29, 0.717) is 52.3 Å². The zero-order chi connectivity index (χ0) is 38.7. The Kier molecular flexibility index (Phi) is 12.7. The number of ether oxygens (including phenoxy) is 1. The molecule has 4 aromatic heterocycles. The van der Waals surface area contributed by atoms with Gasteiger partial charge in [0, 0.05) is 69.7 Å². The van der Waals surface area contributed by atoms with E-state index < -0.39 is 5.60 Å². The van der Waals surface area contributed by atoms with Crippen LogP contribution in [0, 0.1) is 23.7 Å². The molecular weight excluding hydrogens is 717 g/mol. The highest BCUT2D eigenvalue weighted by Gasteiger charge is 2.37. The summed E-state index contributed by atoms with van der Waals surface area (Å²) < 4.78 is 8.63. The second-order valence-corrected chi connectivity index (χ2v) is 14.5. The fourth-order valence-electron chi connectivity index (χ4n) is 6.20. The lowest BCUT2D eigenvalue weighted by molar-refractivity contribution is 0.00721. The first-order valence-electron chi connectivity index (χ1n) is 18.0. The average Bonchev–Trinajstić information content (AvgIpc) is 3.13. The molecule has 1 N–H and O–H groups in total. The monoisotopic (exact) mass is 764 g/mol. The van der Waals surface area contributed by atoms with Gasteiger partial charge in [0.1, 0.15) is 28.6 Å². The molecule has 2 saturated heterocycles. The summed E-state index contributed by atoms with van der Waals surface area (Å²) in [5.41, 5.74) is 3.62. The van der Waals surface area contributed by atoms with Gasteiger partial charge in [-0.1, -0.05) is 38.8 Å². The fourth-order valence-corrected chi connectivity index (χ4v) is 6.20. The van der Waals surface area contributed by atoms with E-state index >= 15 is 0 Å². The second-order valence-electron chi connectivity index (χ2n) is 14.5. The molecule has 0 radical (unpaired) electrons. The molecule has 12 nitrogen and oxygen atoms in total. The molecule has 0 atom stereocenters. The van der Waals surface area contributed by atoms with Gasteiger partial charge in [-0.25, -0.2) is 24.7 Å². The molecule has 2 fully saturated rings. The molecule has 2 aliphatic heterocycles. The van der Waals surface area contributed by atoms with Gasteiger partial charge in [0.2, 0.25) is 0 Å². The molecule has 2 aliphatic rings. The summed E-state index contributed by atoms with van der Waals surface area (Å²) in [4.78, 5) is 57.1. The van der Waals surface area contributed by atoms with Crippen LogP contribution in [0.4, 0.5) is 4.79 Å². The first kappa shape index (κ1) is 41.5. The number of benzene rings is 2. The Morgan fingerprint density at radius 3 is 1.58 bits per heavy atom. The van der Waals surface area contributed by atoms with Gasteiger partial charge >= 0.3 is 6.09 Å². The summed E-state index contributed by atoms with van der Waals surface area (Å²) in [6, 6.07) is 22.1. The number of amides is 1. The van der Waals surface area contributed by atoms with E-state index in [9.17, 15) is 14.4 Å².